The molecule has 0 aliphatic heterocycles. The average Bonchev–Trinajstić information content (AvgIpc) is 2.53. The third-order valence-electron chi connectivity index (χ3n) is 5.10. The molecule has 116 valence electrons. The zero-order valence-corrected chi connectivity index (χ0v) is 12.8. The van der Waals surface area contributed by atoms with Gasteiger partial charge in [-0.1, -0.05) is 6.92 Å². The first-order chi connectivity index (χ1) is 10.6. The van der Waals surface area contributed by atoms with Crippen molar-refractivity contribution in [2.24, 2.45) is 17.6 Å². The maximum Gasteiger partial charge on any atom is 0.220 e. The van der Waals surface area contributed by atoms with E-state index in [9.17, 15) is 9.18 Å². The number of halogens is 1. The average molecular weight is 300 g/mol. The largest absolute Gasteiger partial charge is 0.369 e. The van der Waals surface area contributed by atoms with E-state index in [2.05, 4.69) is 4.98 Å². The number of benzene rings is 1. The van der Waals surface area contributed by atoms with Crippen molar-refractivity contribution >= 4 is 16.8 Å². The fourth-order valence-corrected chi connectivity index (χ4v) is 3.66. The summed E-state index contributed by atoms with van der Waals surface area (Å²) in [7, 11) is 0. The van der Waals surface area contributed by atoms with Gasteiger partial charge in [0, 0.05) is 17.5 Å². The molecular weight excluding hydrogens is 279 g/mol. The van der Waals surface area contributed by atoms with E-state index in [1.807, 2.05) is 13.0 Å². The molecule has 1 aromatic carbocycles. The summed E-state index contributed by atoms with van der Waals surface area (Å²) < 4.78 is 13.6. The molecule has 0 bridgehead atoms. The molecule has 1 amide bonds. The molecule has 2 N–H and O–H groups in total. The number of aromatic nitrogens is 1. The number of primary amides is 1. The second-order valence-corrected chi connectivity index (χ2v) is 6.36. The molecule has 1 aliphatic carbocycles. The van der Waals surface area contributed by atoms with E-state index in [1.165, 1.54) is 11.6 Å². The van der Waals surface area contributed by atoms with Crippen LogP contribution < -0.4 is 5.73 Å². The van der Waals surface area contributed by atoms with Crippen LogP contribution in [0, 0.1) is 17.7 Å². The van der Waals surface area contributed by atoms with E-state index in [-0.39, 0.29) is 17.6 Å². The molecule has 1 saturated carbocycles. The predicted molar refractivity (Wildman–Crippen MR) is 84.8 cm³/mol. The molecule has 1 aromatic heterocycles. The molecule has 4 heteroatoms. The number of carbonyl (C=O) groups excluding carboxylic acids is 1. The Balaban J connectivity index is 1.82. The predicted octanol–water partition coefficient (Wildman–Crippen LogP) is 3.77. The summed E-state index contributed by atoms with van der Waals surface area (Å²) in [6, 6.07) is 6.76. The summed E-state index contributed by atoms with van der Waals surface area (Å²) in [5.74, 6) is 0.285. The molecule has 0 spiro atoms. The van der Waals surface area contributed by atoms with Crippen LogP contribution >= 0.6 is 0 Å². The topological polar surface area (TPSA) is 56.0 Å². The van der Waals surface area contributed by atoms with Gasteiger partial charge in [-0.3, -0.25) is 9.78 Å². The number of rotatable bonds is 3. The van der Waals surface area contributed by atoms with E-state index >= 15 is 0 Å². The van der Waals surface area contributed by atoms with E-state index in [1.54, 1.807) is 18.3 Å². The lowest BCUT2D eigenvalue weighted by Gasteiger charge is -2.31. The Morgan fingerprint density at radius 1 is 1.27 bits per heavy atom. The second kappa shape index (κ2) is 6.03. The van der Waals surface area contributed by atoms with Gasteiger partial charge in [0.15, 0.2) is 0 Å². The normalized spacial score (nSPS) is 23.4. The summed E-state index contributed by atoms with van der Waals surface area (Å²) in [6.07, 6.45) is 5.81. The highest BCUT2D eigenvalue weighted by Crippen LogP contribution is 2.40. The Hall–Kier alpha value is -1.97. The quantitative estimate of drug-likeness (QED) is 0.938. The van der Waals surface area contributed by atoms with Crippen molar-refractivity contribution in [3.8, 4) is 0 Å². The van der Waals surface area contributed by atoms with Crippen LogP contribution in [0.2, 0.25) is 0 Å². The van der Waals surface area contributed by atoms with Gasteiger partial charge >= 0.3 is 0 Å². The lowest BCUT2D eigenvalue weighted by molar-refractivity contribution is -0.123. The highest BCUT2D eigenvalue weighted by molar-refractivity contribution is 5.82. The third kappa shape index (κ3) is 2.82. The summed E-state index contributed by atoms with van der Waals surface area (Å²) in [6.45, 7) is 1.92. The maximum absolute atomic E-state index is 13.6. The number of pyridine rings is 1. The van der Waals surface area contributed by atoms with Gasteiger partial charge in [0.05, 0.1) is 5.52 Å². The second-order valence-electron chi connectivity index (χ2n) is 6.36. The first-order valence-electron chi connectivity index (χ1n) is 7.89. The van der Waals surface area contributed by atoms with Crippen LogP contribution in [0.1, 0.15) is 44.1 Å². The first kappa shape index (κ1) is 14.9. The zero-order chi connectivity index (χ0) is 15.7. The zero-order valence-electron chi connectivity index (χ0n) is 12.8. The molecule has 0 saturated heterocycles. The number of hydrogen-bond acceptors (Lipinski definition) is 2. The molecule has 22 heavy (non-hydrogen) atoms. The Bertz CT molecular complexity index is 693. The molecule has 1 atom stereocenters. The Labute approximate surface area is 129 Å². The smallest absolute Gasteiger partial charge is 0.220 e. The number of hydrogen-bond donors (Lipinski definition) is 1. The number of amides is 1. The highest BCUT2D eigenvalue weighted by Gasteiger charge is 2.29. The van der Waals surface area contributed by atoms with Crippen molar-refractivity contribution in [3.05, 3.63) is 41.8 Å². The fourth-order valence-electron chi connectivity index (χ4n) is 3.66. The molecule has 1 aliphatic rings. The number of fused-ring (bicyclic) bond motifs is 1. The van der Waals surface area contributed by atoms with Gasteiger partial charge in [-0.05, 0) is 67.3 Å². The van der Waals surface area contributed by atoms with Crippen molar-refractivity contribution in [3.63, 3.8) is 0 Å². The molecule has 1 heterocycles. The minimum Gasteiger partial charge on any atom is -0.369 e. The summed E-state index contributed by atoms with van der Waals surface area (Å²) in [5.41, 5.74) is 7.43. The fraction of sp³-hybridized carbons (Fsp3) is 0.444. The van der Waals surface area contributed by atoms with Crippen LogP contribution in [0.15, 0.2) is 30.5 Å². The minimum atomic E-state index is -0.224. The summed E-state index contributed by atoms with van der Waals surface area (Å²) in [4.78, 5) is 15.7. The lowest BCUT2D eigenvalue weighted by Crippen LogP contribution is -2.30. The molecule has 1 fully saturated rings. The van der Waals surface area contributed by atoms with Crippen LogP contribution in [-0.2, 0) is 4.79 Å². The van der Waals surface area contributed by atoms with Gasteiger partial charge < -0.3 is 5.73 Å². The monoisotopic (exact) mass is 300 g/mol. The highest BCUT2D eigenvalue weighted by atomic mass is 19.1. The Morgan fingerprint density at radius 2 is 2.00 bits per heavy atom. The van der Waals surface area contributed by atoms with Gasteiger partial charge in [-0.25, -0.2) is 4.39 Å². The molecule has 3 nitrogen and oxygen atoms in total. The molecule has 0 unspecified atom stereocenters. The van der Waals surface area contributed by atoms with Crippen LogP contribution in [-0.4, -0.2) is 10.9 Å². The van der Waals surface area contributed by atoms with Crippen LogP contribution in [0.25, 0.3) is 10.9 Å². The number of nitrogens with zero attached hydrogens (tertiary/aromatic N) is 1. The lowest BCUT2D eigenvalue weighted by atomic mass is 9.73. The number of carbonyl (C=O) groups is 1. The first-order valence-corrected chi connectivity index (χ1v) is 7.89. The summed E-state index contributed by atoms with van der Waals surface area (Å²) in [5, 5.41) is 0.911. The van der Waals surface area contributed by atoms with Gasteiger partial charge in [-0.15, -0.1) is 0 Å². The summed E-state index contributed by atoms with van der Waals surface area (Å²) >= 11 is 0. The van der Waals surface area contributed by atoms with E-state index in [4.69, 9.17) is 5.73 Å². The molecule has 2 aromatic rings. The van der Waals surface area contributed by atoms with Gasteiger partial charge in [0.25, 0.3) is 0 Å². The standard InChI is InChI=1S/C18H21FN2O/c1-11(18(20)22)12-2-4-13(5-3-12)15-8-9-21-17-7-6-14(19)10-16(15)17/h6-13H,2-5H2,1H3,(H2,20,22)/t11-,12?,13?/m1/s1. The Morgan fingerprint density at radius 3 is 2.68 bits per heavy atom. The van der Waals surface area contributed by atoms with E-state index in [0.717, 1.165) is 36.6 Å². The van der Waals surface area contributed by atoms with Gasteiger partial charge in [0.2, 0.25) is 5.91 Å². The van der Waals surface area contributed by atoms with Gasteiger partial charge in [0.1, 0.15) is 5.82 Å². The van der Waals surface area contributed by atoms with Crippen LogP contribution in [0.3, 0.4) is 0 Å². The van der Waals surface area contributed by atoms with E-state index in [0.29, 0.717) is 11.8 Å². The molecule has 0 radical (unpaired) electrons. The minimum absolute atomic E-state index is 0.0624. The van der Waals surface area contributed by atoms with Crippen molar-refractivity contribution in [1.82, 2.24) is 4.98 Å². The van der Waals surface area contributed by atoms with Crippen molar-refractivity contribution in [2.45, 2.75) is 38.5 Å². The van der Waals surface area contributed by atoms with E-state index < -0.39 is 0 Å². The SMILES string of the molecule is C[C@@H](C(N)=O)C1CCC(c2ccnc3ccc(F)cc23)CC1. The maximum atomic E-state index is 13.6. The van der Waals surface area contributed by atoms with Crippen molar-refractivity contribution in [1.29, 1.82) is 0 Å². The van der Waals surface area contributed by atoms with Crippen molar-refractivity contribution in [2.75, 3.05) is 0 Å². The Kier molecular flexibility index (Phi) is 4.10. The molecular formula is C18H21FN2O. The van der Waals surface area contributed by atoms with Gasteiger partial charge in [-0.2, -0.15) is 0 Å². The van der Waals surface area contributed by atoms with Crippen LogP contribution in [0.4, 0.5) is 4.39 Å². The molecule has 3 rings (SSSR count). The number of nitrogens with two attached hydrogens (primary N) is 1. The van der Waals surface area contributed by atoms with Crippen molar-refractivity contribution < 1.29 is 9.18 Å². The van der Waals surface area contributed by atoms with Crippen LogP contribution in [0.5, 0.6) is 0 Å². The third-order valence-corrected chi connectivity index (χ3v) is 5.10.